The van der Waals surface area contributed by atoms with Gasteiger partial charge in [-0.2, -0.15) is 0 Å². The van der Waals surface area contributed by atoms with Gasteiger partial charge in [0.2, 0.25) is 0 Å². The number of hydrogen-bond donors (Lipinski definition) is 0. The van der Waals surface area contributed by atoms with E-state index in [2.05, 4.69) is 27.1 Å². The normalized spacial score (nSPS) is 9.97. The molecule has 3 heterocycles. The molecule has 0 spiro atoms. The van der Waals surface area contributed by atoms with E-state index in [1.54, 1.807) is 24.7 Å². The number of hydrogen-bond acceptors (Lipinski definition) is 3. The summed E-state index contributed by atoms with van der Waals surface area (Å²) < 4.78 is 27.0. The van der Waals surface area contributed by atoms with E-state index in [1.165, 1.54) is 0 Å². The molecular weight excluding hydrogens is 609 g/mol. The summed E-state index contributed by atoms with van der Waals surface area (Å²) in [4.78, 5) is 12.7. The number of rotatable bonds is 3. The molecule has 3 nitrogen and oxygen atoms in total. The summed E-state index contributed by atoms with van der Waals surface area (Å²) in [6.45, 7) is 1.88. The Morgan fingerprint density at radius 1 is 0.735 bits per heavy atom. The maximum Gasteiger partial charge on any atom is 0.0719 e. The Hall–Kier alpha value is -3.60. The standard InChI is InChI=1S/C17H11F2N2.C11H8N.Ir/c1-11-8-17(13-9-12(18)5-6-15(13)19)21-10-14(11)16-4-2-3-7-20-16;1-2-6-10(7-3-1)11-8-4-5-9-12-11;/h2-8,10H,1H3;1-6,8-9H;/q2*-1;. The molecule has 34 heavy (non-hydrogen) atoms. The number of benzene rings is 2. The largest absolute Gasteiger partial charge is 0.305 e. The maximum atomic E-state index is 13.8. The molecule has 0 N–H and O–H groups in total. The first-order valence-corrected chi connectivity index (χ1v) is 10.3. The molecule has 0 aliphatic carbocycles. The number of nitrogens with zero attached hydrogens (tertiary/aromatic N) is 3. The molecule has 0 unspecified atom stereocenters. The third-order valence-electron chi connectivity index (χ3n) is 4.82. The Bertz CT molecular complexity index is 1290. The summed E-state index contributed by atoms with van der Waals surface area (Å²) in [6, 6.07) is 28.6. The second kappa shape index (κ2) is 12.0. The molecule has 0 aliphatic heterocycles. The second-order valence-corrected chi connectivity index (χ2v) is 7.12. The van der Waals surface area contributed by atoms with Crippen LogP contribution in [0.3, 0.4) is 0 Å². The molecule has 0 saturated heterocycles. The van der Waals surface area contributed by atoms with E-state index < -0.39 is 11.6 Å². The molecule has 171 valence electrons. The van der Waals surface area contributed by atoms with Crippen LogP contribution in [-0.4, -0.2) is 15.0 Å². The Morgan fingerprint density at radius 3 is 2.06 bits per heavy atom. The van der Waals surface area contributed by atoms with Gasteiger partial charge in [0, 0.05) is 55.9 Å². The van der Waals surface area contributed by atoms with Crippen LogP contribution < -0.4 is 0 Å². The number of halogens is 2. The Morgan fingerprint density at radius 2 is 1.44 bits per heavy atom. The molecule has 1 radical (unpaired) electrons. The zero-order chi connectivity index (χ0) is 23.0. The quantitative estimate of drug-likeness (QED) is 0.208. The third-order valence-corrected chi connectivity index (χ3v) is 4.82. The summed E-state index contributed by atoms with van der Waals surface area (Å²) >= 11 is 0. The van der Waals surface area contributed by atoms with Crippen molar-refractivity contribution in [3.8, 4) is 33.8 Å². The molecule has 0 amide bonds. The van der Waals surface area contributed by atoms with Crippen molar-refractivity contribution in [1.82, 2.24) is 15.0 Å². The molecule has 0 fully saturated rings. The Kier molecular flexibility index (Phi) is 8.86. The molecule has 3 aromatic heterocycles. The van der Waals surface area contributed by atoms with E-state index in [-0.39, 0.29) is 25.7 Å². The van der Waals surface area contributed by atoms with Crippen LogP contribution in [0.5, 0.6) is 0 Å². The van der Waals surface area contributed by atoms with Crippen molar-refractivity contribution in [3.05, 3.63) is 127 Å². The molecule has 0 aliphatic rings. The van der Waals surface area contributed by atoms with E-state index in [0.717, 1.165) is 40.2 Å². The van der Waals surface area contributed by atoms with Gasteiger partial charge >= 0.3 is 0 Å². The van der Waals surface area contributed by atoms with Crippen LogP contribution in [0.4, 0.5) is 8.78 Å². The smallest absolute Gasteiger partial charge is 0.0719 e. The molecule has 6 heteroatoms. The van der Waals surface area contributed by atoms with E-state index in [4.69, 9.17) is 0 Å². The van der Waals surface area contributed by atoms with Gasteiger partial charge in [0.15, 0.2) is 0 Å². The van der Waals surface area contributed by atoms with Crippen molar-refractivity contribution < 1.29 is 28.9 Å². The zero-order valence-corrected chi connectivity index (χ0v) is 20.6. The third kappa shape index (κ3) is 6.25. The van der Waals surface area contributed by atoms with E-state index in [9.17, 15) is 8.78 Å². The van der Waals surface area contributed by atoms with Gasteiger partial charge in [-0.3, -0.25) is 9.37 Å². The van der Waals surface area contributed by atoms with Crippen LogP contribution in [0, 0.1) is 30.7 Å². The van der Waals surface area contributed by atoms with Crippen molar-refractivity contribution in [2.45, 2.75) is 6.92 Å². The van der Waals surface area contributed by atoms with Crippen LogP contribution in [0.1, 0.15) is 5.56 Å². The summed E-state index contributed by atoms with van der Waals surface area (Å²) in [7, 11) is 0. The summed E-state index contributed by atoms with van der Waals surface area (Å²) in [5.41, 5.74) is 4.93. The first kappa shape index (κ1) is 25.0. The number of aryl methyl sites for hydroxylation is 1. The van der Waals surface area contributed by atoms with E-state index in [1.807, 2.05) is 67.6 Å². The van der Waals surface area contributed by atoms with Crippen molar-refractivity contribution in [2.24, 2.45) is 0 Å². The second-order valence-electron chi connectivity index (χ2n) is 7.12. The van der Waals surface area contributed by atoms with Crippen molar-refractivity contribution in [2.75, 3.05) is 0 Å². The maximum absolute atomic E-state index is 13.8. The molecule has 5 aromatic rings. The average molecular weight is 628 g/mol. The molecule has 5 rings (SSSR count). The van der Waals surface area contributed by atoms with Gasteiger partial charge in [0.25, 0.3) is 0 Å². The van der Waals surface area contributed by atoms with Crippen LogP contribution in [0.15, 0.2) is 97.5 Å². The topological polar surface area (TPSA) is 38.7 Å². The summed E-state index contributed by atoms with van der Waals surface area (Å²) in [5.74, 6) is -1.16. The Balaban J connectivity index is 0.000000212. The monoisotopic (exact) mass is 628 g/mol. The van der Waals surface area contributed by atoms with Crippen LogP contribution in [0.25, 0.3) is 33.8 Å². The molecule has 0 atom stereocenters. The fourth-order valence-corrected chi connectivity index (χ4v) is 3.19. The molecule has 0 saturated carbocycles. The average Bonchev–Trinajstić information content (AvgIpc) is 2.87. The fraction of sp³-hybridized carbons (Fsp3) is 0.0357. The van der Waals surface area contributed by atoms with Gasteiger partial charge in [-0.1, -0.05) is 29.8 Å². The first-order chi connectivity index (χ1) is 16.1. The molecular formula is C28H19F2IrN3-2. The summed E-state index contributed by atoms with van der Waals surface area (Å²) in [6.07, 6.45) is 5.10. The van der Waals surface area contributed by atoms with Crippen molar-refractivity contribution in [3.63, 3.8) is 0 Å². The van der Waals surface area contributed by atoms with Crippen LogP contribution >= 0.6 is 0 Å². The van der Waals surface area contributed by atoms with Gasteiger partial charge in [-0.05, 0) is 42.1 Å². The van der Waals surface area contributed by atoms with Gasteiger partial charge in [0.1, 0.15) is 0 Å². The molecule has 0 bridgehead atoms. The van der Waals surface area contributed by atoms with Gasteiger partial charge < -0.3 is 9.97 Å². The first-order valence-electron chi connectivity index (χ1n) is 10.3. The Labute approximate surface area is 210 Å². The van der Waals surface area contributed by atoms with E-state index in [0.29, 0.717) is 5.69 Å². The predicted molar refractivity (Wildman–Crippen MR) is 125 cm³/mol. The van der Waals surface area contributed by atoms with Gasteiger partial charge in [-0.25, -0.2) is 4.39 Å². The van der Waals surface area contributed by atoms with Crippen molar-refractivity contribution in [1.29, 1.82) is 0 Å². The fourth-order valence-electron chi connectivity index (χ4n) is 3.19. The summed E-state index contributed by atoms with van der Waals surface area (Å²) in [5, 5.41) is 0. The predicted octanol–water partition coefficient (Wildman–Crippen LogP) is 6.74. The minimum absolute atomic E-state index is 0. The zero-order valence-electron chi connectivity index (χ0n) is 18.2. The molecule has 2 aromatic carbocycles. The SMILES string of the molecule is Cc1cc(-c2[c-]c(F)ccc2F)ncc1-c1ccccn1.[Ir].[c-]1ccccc1-c1ccccn1. The number of aromatic nitrogens is 3. The van der Waals surface area contributed by atoms with Crippen molar-refractivity contribution >= 4 is 0 Å². The van der Waals surface area contributed by atoms with Gasteiger partial charge in [-0.15, -0.1) is 54.1 Å². The minimum Gasteiger partial charge on any atom is -0.305 e. The van der Waals surface area contributed by atoms with Crippen LogP contribution in [0.2, 0.25) is 0 Å². The van der Waals surface area contributed by atoms with E-state index >= 15 is 0 Å². The van der Waals surface area contributed by atoms with Gasteiger partial charge in [0.05, 0.1) is 5.69 Å². The number of pyridine rings is 3. The van der Waals surface area contributed by atoms with Crippen LogP contribution in [-0.2, 0) is 20.1 Å². The minimum atomic E-state index is -0.611.